The van der Waals surface area contributed by atoms with E-state index in [1.54, 1.807) is 0 Å². The lowest BCUT2D eigenvalue weighted by molar-refractivity contribution is 0.0906. The Morgan fingerprint density at radius 2 is 1.92 bits per heavy atom. The zero-order chi connectivity index (χ0) is 26.9. The van der Waals surface area contributed by atoms with E-state index in [1.807, 2.05) is 16.8 Å². The summed E-state index contributed by atoms with van der Waals surface area (Å²) in [4.78, 5) is 21.5. The van der Waals surface area contributed by atoms with Gasteiger partial charge >= 0.3 is 0 Å². The molecule has 9 nitrogen and oxygen atoms in total. The maximum Gasteiger partial charge on any atom is 0.253 e. The predicted octanol–water partition coefficient (Wildman–Crippen LogP) is 3.78. The number of benzene rings is 2. The standard InChI is InChI=1S/C30H37N7O2/c1-4-22-9-10-26-23(17-22)18-25(30(38)31-26)28(29-32-33-34-37(29)19-24-6-5-15-39-24)36-13-11-35(12-14-36)27-16-20(2)7-8-21(27)3/h7-10,16-18,24,28H,4-6,11-15,19H2,1-3H3,(H,31,38). The highest BCUT2D eigenvalue weighted by atomic mass is 16.5. The van der Waals surface area contributed by atoms with Gasteiger partial charge in [0, 0.05) is 49.6 Å². The molecule has 2 aromatic carbocycles. The fourth-order valence-corrected chi connectivity index (χ4v) is 5.99. The molecule has 2 atom stereocenters. The van der Waals surface area contributed by atoms with Gasteiger partial charge in [0.05, 0.1) is 12.6 Å². The molecule has 0 saturated carbocycles. The summed E-state index contributed by atoms with van der Waals surface area (Å²) in [5.74, 6) is 0.696. The second-order valence-corrected chi connectivity index (χ2v) is 10.9. The number of ether oxygens (including phenoxy) is 1. The highest BCUT2D eigenvalue weighted by Crippen LogP contribution is 2.30. The van der Waals surface area contributed by atoms with Crippen molar-refractivity contribution in [2.75, 3.05) is 37.7 Å². The van der Waals surface area contributed by atoms with E-state index >= 15 is 0 Å². The molecule has 2 aromatic heterocycles. The molecule has 2 fully saturated rings. The number of hydrogen-bond acceptors (Lipinski definition) is 7. The van der Waals surface area contributed by atoms with Crippen molar-refractivity contribution in [3.63, 3.8) is 0 Å². The largest absolute Gasteiger partial charge is 0.376 e. The first kappa shape index (κ1) is 25.7. The molecule has 2 aliphatic heterocycles. The minimum absolute atomic E-state index is 0.0936. The number of fused-ring (bicyclic) bond motifs is 1. The lowest BCUT2D eigenvalue weighted by Gasteiger charge is -2.40. The van der Waals surface area contributed by atoms with Crippen LogP contribution in [0.5, 0.6) is 0 Å². The van der Waals surface area contributed by atoms with E-state index in [-0.39, 0.29) is 17.7 Å². The van der Waals surface area contributed by atoms with Crippen LogP contribution in [-0.2, 0) is 17.7 Å². The first-order chi connectivity index (χ1) is 19.0. The quantitative estimate of drug-likeness (QED) is 0.391. The van der Waals surface area contributed by atoms with Crippen LogP contribution in [0.25, 0.3) is 10.9 Å². The molecule has 0 amide bonds. The van der Waals surface area contributed by atoms with Crippen LogP contribution in [0.1, 0.15) is 53.9 Å². The number of pyridine rings is 1. The summed E-state index contributed by atoms with van der Waals surface area (Å²) in [5.41, 5.74) is 6.49. The molecule has 39 heavy (non-hydrogen) atoms. The molecule has 0 spiro atoms. The summed E-state index contributed by atoms with van der Waals surface area (Å²) in [6.45, 7) is 11.1. The molecule has 4 heterocycles. The molecule has 9 heteroatoms. The molecular weight excluding hydrogens is 490 g/mol. The van der Waals surface area contributed by atoms with Crippen LogP contribution < -0.4 is 10.5 Å². The Balaban J connectivity index is 1.37. The van der Waals surface area contributed by atoms with Crippen molar-refractivity contribution < 1.29 is 4.74 Å². The van der Waals surface area contributed by atoms with E-state index in [1.165, 1.54) is 22.4 Å². The van der Waals surface area contributed by atoms with Crippen LogP contribution in [0.3, 0.4) is 0 Å². The number of tetrazole rings is 1. The summed E-state index contributed by atoms with van der Waals surface area (Å²) in [6.07, 6.45) is 3.08. The smallest absolute Gasteiger partial charge is 0.253 e. The number of hydrogen-bond donors (Lipinski definition) is 1. The van der Waals surface area contributed by atoms with Gasteiger partial charge in [0.25, 0.3) is 5.56 Å². The van der Waals surface area contributed by atoms with Crippen molar-refractivity contribution in [2.24, 2.45) is 0 Å². The number of H-pyrrole nitrogens is 1. The molecule has 0 bridgehead atoms. The topological polar surface area (TPSA) is 92.2 Å². The fourth-order valence-electron chi connectivity index (χ4n) is 5.99. The second kappa shape index (κ2) is 10.9. The third-order valence-corrected chi connectivity index (χ3v) is 8.23. The summed E-state index contributed by atoms with van der Waals surface area (Å²) in [6, 6.07) is 14.5. The predicted molar refractivity (Wildman–Crippen MR) is 152 cm³/mol. The van der Waals surface area contributed by atoms with Gasteiger partial charge in [-0.25, -0.2) is 4.68 Å². The van der Waals surface area contributed by atoms with E-state index < -0.39 is 0 Å². The third-order valence-electron chi connectivity index (χ3n) is 8.23. The summed E-state index contributed by atoms with van der Waals surface area (Å²) >= 11 is 0. The molecule has 0 aliphatic carbocycles. The number of aryl methyl sites for hydroxylation is 3. The number of anilines is 1. The maximum atomic E-state index is 13.6. The number of nitrogens with zero attached hydrogens (tertiary/aromatic N) is 6. The zero-order valence-electron chi connectivity index (χ0n) is 23.1. The lowest BCUT2D eigenvalue weighted by Crippen LogP contribution is -2.49. The van der Waals surface area contributed by atoms with Gasteiger partial charge in [-0.15, -0.1) is 5.10 Å². The van der Waals surface area contributed by atoms with Crippen LogP contribution in [-0.4, -0.2) is 69.0 Å². The molecule has 4 aromatic rings. The number of aromatic amines is 1. The number of piperazine rings is 1. The van der Waals surface area contributed by atoms with Gasteiger partial charge < -0.3 is 14.6 Å². The van der Waals surface area contributed by atoms with Crippen LogP contribution in [0.4, 0.5) is 5.69 Å². The fraction of sp³-hybridized carbons (Fsp3) is 0.467. The SMILES string of the molecule is CCc1ccc2[nH]c(=O)c(C(c3nnnn3CC3CCCO3)N3CCN(c4cc(C)ccc4C)CC3)cc2c1. The normalized spacial score (nSPS) is 19.2. The number of aromatic nitrogens is 5. The Kier molecular flexibility index (Phi) is 7.18. The highest BCUT2D eigenvalue weighted by molar-refractivity contribution is 5.80. The average molecular weight is 528 g/mol. The van der Waals surface area contributed by atoms with Crippen molar-refractivity contribution in [3.8, 4) is 0 Å². The van der Waals surface area contributed by atoms with Crippen LogP contribution in [0.15, 0.2) is 47.3 Å². The van der Waals surface area contributed by atoms with Gasteiger partial charge in [0.1, 0.15) is 6.04 Å². The highest BCUT2D eigenvalue weighted by Gasteiger charge is 2.33. The van der Waals surface area contributed by atoms with Crippen molar-refractivity contribution >= 4 is 16.6 Å². The Morgan fingerprint density at radius 1 is 1.08 bits per heavy atom. The summed E-state index contributed by atoms with van der Waals surface area (Å²) < 4.78 is 7.75. The van der Waals surface area contributed by atoms with E-state index in [2.05, 4.69) is 81.4 Å². The van der Waals surface area contributed by atoms with Crippen molar-refractivity contribution in [1.82, 2.24) is 30.1 Å². The number of nitrogens with one attached hydrogen (secondary N) is 1. The minimum atomic E-state index is -0.361. The van der Waals surface area contributed by atoms with Crippen molar-refractivity contribution in [2.45, 2.75) is 58.7 Å². The summed E-state index contributed by atoms with van der Waals surface area (Å²) in [7, 11) is 0. The Labute approximate surface area is 228 Å². The van der Waals surface area contributed by atoms with Crippen LogP contribution in [0.2, 0.25) is 0 Å². The molecule has 6 rings (SSSR count). The van der Waals surface area contributed by atoms with Crippen LogP contribution >= 0.6 is 0 Å². The molecule has 2 unspecified atom stereocenters. The molecule has 204 valence electrons. The monoisotopic (exact) mass is 527 g/mol. The first-order valence-corrected chi connectivity index (χ1v) is 14.1. The molecule has 0 radical (unpaired) electrons. The van der Waals surface area contributed by atoms with Gasteiger partial charge in [0.15, 0.2) is 5.82 Å². The van der Waals surface area contributed by atoms with E-state index in [0.29, 0.717) is 17.9 Å². The maximum absolute atomic E-state index is 13.6. The average Bonchev–Trinajstić information content (AvgIpc) is 3.63. The molecule has 2 saturated heterocycles. The molecular formula is C30H37N7O2. The second-order valence-electron chi connectivity index (χ2n) is 10.9. The van der Waals surface area contributed by atoms with E-state index in [9.17, 15) is 4.79 Å². The first-order valence-electron chi connectivity index (χ1n) is 14.1. The zero-order valence-corrected chi connectivity index (χ0v) is 23.1. The van der Waals surface area contributed by atoms with Gasteiger partial charge in [-0.3, -0.25) is 9.69 Å². The van der Waals surface area contributed by atoms with Gasteiger partial charge in [0.2, 0.25) is 0 Å². The Hall–Kier alpha value is -3.56. The Morgan fingerprint density at radius 3 is 2.69 bits per heavy atom. The lowest BCUT2D eigenvalue weighted by atomic mass is 10.0. The minimum Gasteiger partial charge on any atom is -0.376 e. The van der Waals surface area contributed by atoms with Crippen molar-refractivity contribution in [1.29, 1.82) is 0 Å². The van der Waals surface area contributed by atoms with Gasteiger partial charge in [-0.05, 0) is 89.9 Å². The van der Waals surface area contributed by atoms with Gasteiger partial charge in [-0.1, -0.05) is 25.1 Å². The van der Waals surface area contributed by atoms with E-state index in [0.717, 1.165) is 63.0 Å². The van der Waals surface area contributed by atoms with Gasteiger partial charge in [-0.2, -0.15) is 0 Å². The third kappa shape index (κ3) is 5.21. The van der Waals surface area contributed by atoms with Crippen molar-refractivity contribution in [3.05, 3.63) is 80.9 Å². The number of rotatable bonds is 7. The molecule has 2 aliphatic rings. The van der Waals surface area contributed by atoms with Crippen LogP contribution in [0, 0.1) is 13.8 Å². The van der Waals surface area contributed by atoms with E-state index in [4.69, 9.17) is 4.74 Å². The summed E-state index contributed by atoms with van der Waals surface area (Å²) in [5, 5.41) is 14.0. The molecule has 1 N–H and O–H groups in total. The Bertz CT molecular complexity index is 1510.